The van der Waals surface area contributed by atoms with E-state index in [1.807, 2.05) is 0 Å². The van der Waals surface area contributed by atoms with Gasteiger partial charge in [0, 0.05) is 51.6 Å². The van der Waals surface area contributed by atoms with E-state index in [4.69, 9.17) is 0 Å². The number of unbranched alkanes of at least 4 members (excludes halogenated alkanes) is 21. The van der Waals surface area contributed by atoms with Crippen molar-refractivity contribution in [2.24, 2.45) is 0 Å². The van der Waals surface area contributed by atoms with Gasteiger partial charge in [-0.15, -0.1) is 0 Å². The Balaban J connectivity index is 4.10. The highest BCUT2D eigenvalue weighted by molar-refractivity contribution is 5.76. The molecule has 0 saturated carbocycles. The summed E-state index contributed by atoms with van der Waals surface area (Å²) in [6, 6.07) is 0. The minimum atomic E-state index is 0.249. The Hall–Kier alpha value is -1.14. The minimum absolute atomic E-state index is 0.249. The predicted molar refractivity (Wildman–Crippen MR) is 229 cm³/mol. The number of quaternary nitrogens is 2. The molecule has 0 aromatic carbocycles. The average molecular weight is 737 g/mol. The van der Waals surface area contributed by atoms with Crippen molar-refractivity contribution in [1.82, 2.24) is 10.6 Å². The number of hydrogen-bond acceptors (Lipinski definition) is 2. The first-order valence-electron chi connectivity index (χ1n) is 23.6. The molecule has 0 atom stereocenters. The first kappa shape index (κ1) is 50.9. The third-order valence-electron chi connectivity index (χ3n) is 12.5. The molecule has 2 amide bonds. The Labute approximate surface area is 327 Å². The van der Waals surface area contributed by atoms with E-state index in [-0.39, 0.29) is 11.8 Å². The fraction of sp³-hybridized carbons (Fsp3) is 0.957. The third-order valence-corrected chi connectivity index (χ3v) is 12.5. The van der Waals surface area contributed by atoms with Crippen molar-refractivity contribution < 1.29 is 18.6 Å². The molecule has 0 aliphatic heterocycles. The van der Waals surface area contributed by atoms with Crippen molar-refractivity contribution in [3.63, 3.8) is 0 Å². The molecule has 0 aromatic rings. The van der Waals surface area contributed by atoms with E-state index >= 15 is 0 Å². The molecular weight excluding hydrogens is 641 g/mol. The molecule has 0 heterocycles. The fourth-order valence-electron chi connectivity index (χ4n) is 8.19. The maximum atomic E-state index is 12.4. The topological polar surface area (TPSA) is 58.2 Å². The van der Waals surface area contributed by atoms with Crippen LogP contribution in [0.4, 0.5) is 0 Å². The lowest BCUT2D eigenvalue weighted by Crippen LogP contribution is -2.51. The number of nitrogens with zero attached hydrogens (tertiary/aromatic N) is 2. The van der Waals surface area contributed by atoms with Gasteiger partial charge in [0.05, 0.1) is 52.4 Å². The highest BCUT2D eigenvalue weighted by Crippen LogP contribution is 2.16. The summed E-state index contributed by atoms with van der Waals surface area (Å²) in [6.45, 7) is 25.1. The van der Waals surface area contributed by atoms with Crippen LogP contribution in [0.3, 0.4) is 0 Å². The summed E-state index contributed by atoms with van der Waals surface area (Å²) < 4.78 is 2.33. The largest absolute Gasteiger partial charge is 0.356 e. The van der Waals surface area contributed by atoms with Crippen LogP contribution in [0.1, 0.15) is 221 Å². The molecule has 0 radical (unpaired) electrons. The SMILES string of the molecule is CCCCCCCCCCCCCC(=O)NCCC[N+](CC)(CC)CCCC[N+](CC)(CC)CCCNC(=O)CCCCCCCCCCCCC. The maximum Gasteiger partial charge on any atom is 0.219 e. The van der Waals surface area contributed by atoms with Gasteiger partial charge in [0.25, 0.3) is 0 Å². The van der Waals surface area contributed by atoms with Gasteiger partial charge in [0.2, 0.25) is 11.8 Å². The van der Waals surface area contributed by atoms with Gasteiger partial charge < -0.3 is 19.6 Å². The first-order chi connectivity index (χ1) is 25.4. The molecule has 0 aromatic heterocycles. The molecule has 0 saturated heterocycles. The van der Waals surface area contributed by atoms with Crippen LogP contribution in [-0.2, 0) is 9.59 Å². The van der Waals surface area contributed by atoms with Crippen molar-refractivity contribution in [3.8, 4) is 0 Å². The zero-order chi connectivity index (χ0) is 38.4. The smallest absolute Gasteiger partial charge is 0.219 e. The second-order valence-corrected chi connectivity index (χ2v) is 16.5. The van der Waals surface area contributed by atoms with E-state index in [1.165, 1.54) is 181 Å². The van der Waals surface area contributed by atoms with Crippen molar-refractivity contribution in [2.75, 3.05) is 65.4 Å². The van der Waals surface area contributed by atoms with E-state index < -0.39 is 0 Å². The lowest BCUT2D eigenvalue weighted by molar-refractivity contribution is -0.931. The first-order valence-corrected chi connectivity index (χ1v) is 23.6. The molecule has 6 nitrogen and oxygen atoms in total. The van der Waals surface area contributed by atoms with Gasteiger partial charge in [-0.3, -0.25) is 9.59 Å². The zero-order valence-electron chi connectivity index (χ0n) is 36.6. The Kier molecular flexibility index (Phi) is 36.0. The summed E-state index contributed by atoms with van der Waals surface area (Å²) in [6.07, 6.45) is 35.1. The molecule has 2 N–H and O–H groups in total. The maximum absolute atomic E-state index is 12.4. The van der Waals surface area contributed by atoms with E-state index in [2.05, 4.69) is 52.2 Å². The molecule has 310 valence electrons. The van der Waals surface area contributed by atoms with Gasteiger partial charge in [-0.2, -0.15) is 0 Å². The van der Waals surface area contributed by atoms with Crippen LogP contribution in [0, 0.1) is 0 Å². The van der Waals surface area contributed by atoms with Gasteiger partial charge in [-0.1, -0.05) is 142 Å². The molecule has 0 unspecified atom stereocenters. The van der Waals surface area contributed by atoms with Gasteiger partial charge in [-0.25, -0.2) is 0 Å². The average Bonchev–Trinajstić information content (AvgIpc) is 3.16. The second kappa shape index (κ2) is 36.8. The molecule has 0 aliphatic carbocycles. The number of carbonyl (C=O) groups excluding carboxylic acids is 2. The van der Waals surface area contributed by atoms with Crippen molar-refractivity contribution in [2.45, 2.75) is 221 Å². The molecule has 0 rings (SSSR count). The molecular formula is C46H96N4O2+2. The number of rotatable bonds is 41. The summed E-state index contributed by atoms with van der Waals surface area (Å²) in [5.74, 6) is 0.498. The van der Waals surface area contributed by atoms with Crippen LogP contribution in [0.2, 0.25) is 0 Å². The fourth-order valence-corrected chi connectivity index (χ4v) is 8.19. The Morgan fingerprint density at radius 3 is 0.846 bits per heavy atom. The monoisotopic (exact) mass is 737 g/mol. The molecule has 0 spiro atoms. The summed E-state index contributed by atoms with van der Waals surface area (Å²) in [7, 11) is 0. The predicted octanol–water partition coefficient (Wildman–Crippen LogP) is 11.9. The Morgan fingerprint density at radius 2 is 0.577 bits per heavy atom. The van der Waals surface area contributed by atoms with Crippen molar-refractivity contribution in [1.29, 1.82) is 0 Å². The van der Waals surface area contributed by atoms with Crippen LogP contribution in [0.25, 0.3) is 0 Å². The summed E-state index contributed by atoms with van der Waals surface area (Å²) in [4.78, 5) is 24.9. The molecule has 0 bridgehead atoms. The summed E-state index contributed by atoms with van der Waals surface area (Å²) >= 11 is 0. The van der Waals surface area contributed by atoms with E-state index in [0.29, 0.717) is 12.8 Å². The molecule has 6 heteroatoms. The lowest BCUT2D eigenvalue weighted by Gasteiger charge is -2.39. The third kappa shape index (κ3) is 29.2. The normalized spacial score (nSPS) is 12.0. The van der Waals surface area contributed by atoms with Crippen molar-refractivity contribution in [3.05, 3.63) is 0 Å². The van der Waals surface area contributed by atoms with Gasteiger partial charge >= 0.3 is 0 Å². The molecule has 0 fully saturated rings. The van der Waals surface area contributed by atoms with Gasteiger partial charge in [0.15, 0.2) is 0 Å². The highest BCUT2D eigenvalue weighted by atomic mass is 16.2. The van der Waals surface area contributed by atoms with Crippen LogP contribution < -0.4 is 10.6 Å². The van der Waals surface area contributed by atoms with Gasteiger partial charge in [0.1, 0.15) is 0 Å². The van der Waals surface area contributed by atoms with E-state index in [9.17, 15) is 9.59 Å². The summed E-state index contributed by atoms with van der Waals surface area (Å²) in [5.41, 5.74) is 0. The standard InChI is InChI=1S/C46H94N4O2/c1-7-13-15-17-19-21-23-25-27-29-31-37-45(51)47-39-35-43-49(9-3,10-4)41-33-34-42-50(11-5,12-6)44-36-40-48-46(52)38-32-30-28-26-24-22-20-18-16-14-8-2/h7-44H2,1-6H3/p+2. The quantitative estimate of drug-likeness (QED) is 0.0485. The second-order valence-electron chi connectivity index (χ2n) is 16.5. The number of nitrogens with one attached hydrogen (secondary N) is 2. The van der Waals surface area contributed by atoms with Crippen LogP contribution in [0.15, 0.2) is 0 Å². The Bertz CT molecular complexity index is 716. The van der Waals surface area contributed by atoms with E-state index in [0.717, 1.165) is 60.8 Å². The van der Waals surface area contributed by atoms with Gasteiger partial charge in [-0.05, 0) is 40.5 Å². The number of amides is 2. The zero-order valence-corrected chi connectivity index (χ0v) is 36.6. The molecule has 0 aliphatic rings. The van der Waals surface area contributed by atoms with E-state index in [1.54, 1.807) is 0 Å². The summed E-state index contributed by atoms with van der Waals surface area (Å²) in [5, 5.41) is 6.44. The highest BCUT2D eigenvalue weighted by Gasteiger charge is 2.25. The minimum Gasteiger partial charge on any atom is -0.356 e. The van der Waals surface area contributed by atoms with Crippen LogP contribution in [0.5, 0.6) is 0 Å². The van der Waals surface area contributed by atoms with Crippen molar-refractivity contribution >= 4 is 11.8 Å². The lowest BCUT2D eigenvalue weighted by atomic mass is 10.1. The molecule has 52 heavy (non-hydrogen) atoms. The number of hydrogen-bond donors (Lipinski definition) is 2. The van der Waals surface area contributed by atoms with Crippen LogP contribution >= 0.6 is 0 Å². The van der Waals surface area contributed by atoms with Crippen LogP contribution in [-0.4, -0.2) is 86.2 Å². The Morgan fingerprint density at radius 1 is 0.327 bits per heavy atom. The number of carbonyl (C=O) groups is 2.